The van der Waals surface area contributed by atoms with Gasteiger partial charge in [-0.05, 0) is 17.7 Å². The highest BCUT2D eigenvalue weighted by Gasteiger charge is 2.21. The van der Waals surface area contributed by atoms with Gasteiger partial charge >= 0.3 is 0 Å². The topological polar surface area (TPSA) is 47.6 Å². The number of fused-ring (bicyclic) bond motifs is 1. The highest BCUT2D eigenvalue weighted by atomic mass is 35.5. The first kappa shape index (κ1) is 15.0. The van der Waals surface area contributed by atoms with Gasteiger partial charge in [0.1, 0.15) is 0 Å². The van der Waals surface area contributed by atoms with Crippen molar-refractivity contribution in [3.05, 3.63) is 22.7 Å². The Hall–Kier alpha value is -1.42. The molecule has 110 valence electrons. The number of halogens is 1. The molecule has 0 aromatic heterocycles. The molecule has 1 N–H and O–H groups in total. The minimum absolute atomic E-state index is 0.000679. The molecule has 1 aromatic rings. The van der Waals surface area contributed by atoms with Crippen LogP contribution in [0.2, 0.25) is 5.02 Å². The predicted octanol–water partition coefficient (Wildman–Crippen LogP) is 3.16. The lowest BCUT2D eigenvalue weighted by molar-refractivity contribution is -0.128. The maximum absolute atomic E-state index is 11.9. The fraction of sp³-hybridized carbons (Fsp3) is 0.533. The van der Waals surface area contributed by atoms with E-state index in [0.717, 1.165) is 12.0 Å². The molecule has 5 heteroatoms. The maximum atomic E-state index is 11.9. The smallest absolute Gasteiger partial charge is 0.225 e. The first-order valence-corrected chi connectivity index (χ1v) is 7.12. The van der Waals surface area contributed by atoms with Crippen molar-refractivity contribution in [1.82, 2.24) is 5.32 Å². The van der Waals surface area contributed by atoms with Crippen LogP contribution in [0.25, 0.3) is 0 Å². The number of ether oxygens (including phenoxy) is 2. The van der Waals surface area contributed by atoms with E-state index >= 15 is 0 Å². The molecule has 4 nitrogen and oxygen atoms in total. The highest BCUT2D eigenvalue weighted by molar-refractivity contribution is 6.32. The van der Waals surface area contributed by atoms with Crippen LogP contribution in [-0.4, -0.2) is 19.1 Å². The molecule has 1 aliphatic heterocycles. The number of benzene rings is 1. The van der Waals surface area contributed by atoms with Crippen LogP contribution in [0.3, 0.4) is 0 Å². The lowest BCUT2D eigenvalue weighted by Crippen LogP contribution is -2.34. The second kappa shape index (κ2) is 5.92. The van der Waals surface area contributed by atoms with Crippen LogP contribution < -0.4 is 14.8 Å². The van der Waals surface area contributed by atoms with Crippen LogP contribution >= 0.6 is 11.6 Å². The summed E-state index contributed by atoms with van der Waals surface area (Å²) in [5, 5.41) is 3.41. The zero-order chi connectivity index (χ0) is 14.8. The van der Waals surface area contributed by atoms with Crippen LogP contribution in [0.5, 0.6) is 11.5 Å². The maximum Gasteiger partial charge on any atom is 0.225 e. The van der Waals surface area contributed by atoms with Gasteiger partial charge in [0.05, 0.1) is 18.2 Å². The summed E-state index contributed by atoms with van der Waals surface area (Å²) in [4.78, 5) is 11.9. The van der Waals surface area contributed by atoms with Gasteiger partial charge < -0.3 is 14.8 Å². The summed E-state index contributed by atoms with van der Waals surface area (Å²) in [6.07, 6.45) is 0.834. The minimum atomic E-state index is -0.408. The van der Waals surface area contributed by atoms with Gasteiger partial charge in [-0.15, -0.1) is 0 Å². The van der Waals surface area contributed by atoms with Gasteiger partial charge in [-0.3, -0.25) is 4.79 Å². The van der Waals surface area contributed by atoms with Crippen LogP contribution in [0.1, 0.15) is 32.8 Å². The van der Waals surface area contributed by atoms with Crippen molar-refractivity contribution < 1.29 is 14.3 Å². The van der Waals surface area contributed by atoms with E-state index in [1.54, 1.807) is 6.07 Å². The van der Waals surface area contributed by atoms with Crippen molar-refractivity contribution in [2.24, 2.45) is 5.41 Å². The summed E-state index contributed by atoms with van der Waals surface area (Å²) in [7, 11) is 0. The summed E-state index contributed by atoms with van der Waals surface area (Å²) in [5.74, 6) is 1.24. The second-order valence-corrected chi connectivity index (χ2v) is 6.30. The summed E-state index contributed by atoms with van der Waals surface area (Å²) in [5.41, 5.74) is 0.492. The Morgan fingerprint density at radius 1 is 1.30 bits per heavy atom. The molecule has 1 aliphatic rings. The van der Waals surface area contributed by atoms with E-state index in [9.17, 15) is 4.79 Å². The Balaban J connectivity index is 2.12. The number of hydrogen-bond donors (Lipinski definition) is 1. The van der Waals surface area contributed by atoms with Crippen molar-refractivity contribution in [1.29, 1.82) is 0 Å². The van der Waals surface area contributed by atoms with Gasteiger partial charge in [0.25, 0.3) is 0 Å². The van der Waals surface area contributed by atoms with E-state index in [2.05, 4.69) is 5.32 Å². The van der Waals surface area contributed by atoms with E-state index < -0.39 is 5.41 Å². The Bertz CT molecular complexity index is 509. The monoisotopic (exact) mass is 297 g/mol. The molecule has 20 heavy (non-hydrogen) atoms. The number of amides is 1. The van der Waals surface area contributed by atoms with Gasteiger partial charge in [-0.25, -0.2) is 0 Å². The molecule has 1 amide bonds. The normalized spacial score (nSPS) is 14.6. The Kier molecular flexibility index (Phi) is 4.43. The van der Waals surface area contributed by atoms with Gasteiger partial charge in [0, 0.05) is 18.4 Å². The molecule has 0 fully saturated rings. The van der Waals surface area contributed by atoms with Crippen LogP contribution in [0.15, 0.2) is 12.1 Å². The standard InChI is InChI=1S/C15H20ClNO3/c1-15(2,3)14(18)17-9-10-7-11(16)13-12(8-10)19-5-4-6-20-13/h7-8H,4-6,9H2,1-3H3,(H,17,18). The quantitative estimate of drug-likeness (QED) is 0.912. The molecular formula is C15H20ClNO3. The predicted molar refractivity (Wildman–Crippen MR) is 78.4 cm³/mol. The average Bonchev–Trinajstić information content (AvgIpc) is 2.60. The molecule has 1 aromatic carbocycles. The Morgan fingerprint density at radius 3 is 2.70 bits per heavy atom. The molecule has 0 aliphatic carbocycles. The lowest BCUT2D eigenvalue weighted by Gasteiger charge is -2.18. The molecule has 0 spiro atoms. The second-order valence-electron chi connectivity index (χ2n) is 5.89. The lowest BCUT2D eigenvalue weighted by atomic mass is 9.95. The number of rotatable bonds is 2. The third-order valence-corrected chi connectivity index (χ3v) is 3.28. The van der Waals surface area contributed by atoms with Crippen molar-refractivity contribution in [2.75, 3.05) is 13.2 Å². The van der Waals surface area contributed by atoms with E-state index in [4.69, 9.17) is 21.1 Å². The third kappa shape index (κ3) is 3.57. The van der Waals surface area contributed by atoms with Gasteiger partial charge in [0.2, 0.25) is 5.91 Å². The van der Waals surface area contributed by atoms with Crippen molar-refractivity contribution in [3.8, 4) is 11.5 Å². The number of hydrogen-bond acceptors (Lipinski definition) is 3. The number of carbonyl (C=O) groups excluding carboxylic acids is 1. The van der Waals surface area contributed by atoms with Crippen LogP contribution in [-0.2, 0) is 11.3 Å². The third-order valence-electron chi connectivity index (χ3n) is 3.00. The van der Waals surface area contributed by atoms with Gasteiger partial charge in [-0.2, -0.15) is 0 Å². The Labute approximate surface area is 124 Å². The fourth-order valence-electron chi connectivity index (χ4n) is 1.83. The van der Waals surface area contributed by atoms with Gasteiger partial charge in [0.15, 0.2) is 11.5 Å². The van der Waals surface area contributed by atoms with Crippen LogP contribution in [0, 0.1) is 5.41 Å². The molecule has 0 radical (unpaired) electrons. The minimum Gasteiger partial charge on any atom is -0.489 e. The molecular weight excluding hydrogens is 278 g/mol. The Morgan fingerprint density at radius 2 is 2.00 bits per heavy atom. The molecule has 0 bridgehead atoms. The molecule has 0 saturated heterocycles. The zero-order valence-corrected chi connectivity index (χ0v) is 12.8. The summed E-state index contributed by atoms with van der Waals surface area (Å²) < 4.78 is 11.2. The number of nitrogens with one attached hydrogen (secondary N) is 1. The highest BCUT2D eigenvalue weighted by Crippen LogP contribution is 2.37. The molecule has 0 unspecified atom stereocenters. The van der Waals surface area contributed by atoms with Crippen molar-refractivity contribution in [2.45, 2.75) is 33.7 Å². The van der Waals surface area contributed by atoms with Crippen molar-refractivity contribution in [3.63, 3.8) is 0 Å². The van der Waals surface area contributed by atoms with E-state index in [1.807, 2.05) is 26.8 Å². The summed E-state index contributed by atoms with van der Waals surface area (Å²) >= 11 is 6.21. The SMILES string of the molecule is CC(C)(C)C(=O)NCc1cc(Cl)c2c(c1)OCCCO2. The zero-order valence-electron chi connectivity index (χ0n) is 12.1. The first-order valence-electron chi connectivity index (χ1n) is 6.74. The molecule has 1 heterocycles. The summed E-state index contributed by atoms with van der Waals surface area (Å²) in [6.45, 7) is 7.27. The largest absolute Gasteiger partial charge is 0.489 e. The number of carbonyl (C=O) groups is 1. The van der Waals surface area contributed by atoms with Crippen molar-refractivity contribution >= 4 is 17.5 Å². The van der Waals surface area contributed by atoms with Gasteiger partial charge in [-0.1, -0.05) is 32.4 Å². The van der Waals surface area contributed by atoms with E-state index in [1.165, 1.54) is 0 Å². The first-order chi connectivity index (χ1) is 9.38. The molecule has 2 rings (SSSR count). The average molecular weight is 298 g/mol. The molecule has 0 saturated carbocycles. The molecule has 0 atom stereocenters. The van der Waals surface area contributed by atoms with Crippen LogP contribution in [0.4, 0.5) is 0 Å². The van der Waals surface area contributed by atoms with E-state index in [-0.39, 0.29) is 5.91 Å². The van der Waals surface area contributed by atoms with E-state index in [0.29, 0.717) is 36.3 Å². The fourth-order valence-corrected chi connectivity index (χ4v) is 2.12. The summed E-state index contributed by atoms with van der Waals surface area (Å²) in [6, 6.07) is 3.67.